The Bertz CT molecular complexity index is 3130. The van der Waals surface area contributed by atoms with Crippen molar-refractivity contribution in [1.29, 1.82) is 0 Å². The molecule has 0 saturated heterocycles. The van der Waals surface area contributed by atoms with Crippen LogP contribution in [0.25, 0.3) is 54.9 Å². The molecule has 0 aromatic heterocycles. The van der Waals surface area contributed by atoms with Crippen LogP contribution >= 0.6 is 0 Å². The zero-order chi connectivity index (χ0) is 52.4. The Hall–Kier alpha value is -6.62. The molecular formula is C71H78O4. The summed E-state index contributed by atoms with van der Waals surface area (Å²) in [6.45, 7) is 21.6. The van der Waals surface area contributed by atoms with Crippen molar-refractivity contribution in [2.75, 3.05) is 13.2 Å². The molecule has 10 rings (SSSR count). The Balaban J connectivity index is 1.02. The molecule has 7 unspecified atom stereocenters. The number of rotatable bonds is 18. The largest absolute Gasteiger partial charge is 0.507 e. The minimum absolute atomic E-state index is 0.0621. The maximum Gasteiger partial charge on any atom is 0.204 e. The molecule has 7 atom stereocenters. The number of hydrogen-bond donors (Lipinski definition) is 1. The van der Waals surface area contributed by atoms with Gasteiger partial charge >= 0.3 is 0 Å². The first-order chi connectivity index (χ1) is 36.2. The molecule has 386 valence electrons. The molecule has 0 aliphatic heterocycles. The van der Waals surface area contributed by atoms with Gasteiger partial charge in [-0.25, -0.2) is 0 Å². The molecule has 0 bridgehead atoms. The van der Waals surface area contributed by atoms with Crippen LogP contribution in [0.1, 0.15) is 98.1 Å². The monoisotopic (exact) mass is 995 g/mol. The van der Waals surface area contributed by atoms with Crippen LogP contribution in [0.2, 0.25) is 0 Å². The quantitative estimate of drug-likeness (QED) is 0.0687. The number of hydrogen-bond acceptors (Lipinski definition) is 4. The van der Waals surface area contributed by atoms with Crippen LogP contribution in [0.3, 0.4) is 0 Å². The Morgan fingerprint density at radius 1 is 0.493 bits per heavy atom. The molecule has 0 amide bonds. The van der Waals surface area contributed by atoms with Gasteiger partial charge in [-0.2, -0.15) is 0 Å². The van der Waals surface area contributed by atoms with Gasteiger partial charge in [-0.15, -0.1) is 0 Å². The van der Waals surface area contributed by atoms with E-state index in [0.717, 1.165) is 73.9 Å². The van der Waals surface area contributed by atoms with Gasteiger partial charge < -0.3 is 19.3 Å². The van der Waals surface area contributed by atoms with E-state index >= 15 is 0 Å². The maximum atomic E-state index is 11.5. The van der Waals surface area contributed by atoms with E-state index in [9.17, 15) is 5.11 Å². The van der Waals surface area contributed by atoms with Crippen molar-refractivity contribution < 1.29 is 19.3 Å². The normalized spacial score (nSPS) is 20.2. The van der Waals surface area contributed by atoms with Crippen molar-refractivity contribution in [3.63, 3.8) is 0 Å². The average molecular weight is 995 g/mol. The Morgan fingerprint density at radius 2 is 1.04 bits per heavy atom. The molecule has 3 aliphatic carbocycles. The summed E-state index contributed by atoms with van der Waals surface area (Å²) in [4.78, 5) is 0. The third-order valence-electron chi connectivity index (χ3n) is 16.5. The van der Waals surface area contributed by atoms with E-state index < -0.39 is 6.29 Å². The van der Waals surface area contributed by atoms with Crippen molar-refractivity contribution in [3.05, 3.63) is 199 Å². The van der Waals surface area contributed by atoms with E-state index in [2.05, 4.69) is 244 Å². The summed E-state index contributed by atoms with van der Waals surface area (Å²) in [6.07, 6.45) is 20.0. The van der Waals surface area contributed by atoms with E-state index in [-0.39, 0.29) is 23.2 Å². The second-order valence-corrected chi connectivity index (χ2v) is 23.9. The van der Waals surface area contributed by atoms with Crippen molar-refractivity contribution in [2.24, 2.45) is 52.8 Å². The molecule has 1 N–H and O–H groups in total. The molecule has 7 aromatic rings. The molecule has 0 spiro atoms. The lowest BCUT2D eigenvalue weighted by Gasteiger charge is -2.35. The van der Waals surface area contributed by atoms with E-state index in [1.54, 1.807) is 0 Å². The number of aromatic hydroxyl groups is 1. The summed E-state index contributed by atoms with van der Waals surface area (Å²) >= 11 is 0. The van der Waals surface area contributed by atoms with Gasteiger partial charge in [0.15, 0.2) is 0 Å². The van der Waals surface area contributed by atoms with Gasteiger partial charge in [-0.3, -0.25) is 0 Å². The molecule has 0 radical (unpaired) electrons. The fourth-order valence-electron chi connectivity index (χ4n) is 13.0. The number of fused-ring (bicyclic) bond motifs is 5. The minimum Gasteiger partial charge on any atom is -0.507 e. The number of benzene rings is 7. The minimum atomic E-state index is -0.553. The summed E-state index contributed by atoms with van der Waals surface area (Å²) in [6, 6.07) is 49.6. The Kier molecular flexibility index (Phi) is 15.4. The van der Waals surface area contributed by atoms with Crippen molar-refractivity contribution in [1.82, 2.24) is 0 Å². The third-order valence-corrected chi connectivity index (χ3v) is 16.5. The fraction of sp³-hybridized carbons (Fsp3) is 0.352. The number of allylic oxidation sites excluding steroid dienone is 8. The highest BCUT2D eigenvalue weighted by Crippen LogP contribution is 2.54. The second kappa shape index (κ2) is 22.3. The van der Waals surface area contributed by atoms with Crippen molar-refractivity contribution in [2.45, 2.75) is 93.3 Å². The smallest absolute Gasteiger partial charge is 0.204 e. The van der Waals surface area contributed by atoms with Gasteiger partial charge in [0.1, 0.15) is 23.9 Å². The van der Waals surface area contributed by atoms with Crippen LogP contribution < -0.4 is 9.47 Å². The molecule has 1 saturated carbocycles. The first-order valence-corrected chi connectivity index (χ1v) is 27.9. The fourth-order valence-corrected chi connectivity index (χ4v) is 13.0. The number of ether oxygens (including phenoxy) is 3. The molecular weight excluding hydrogens is 917 g/mol. The first kappa shape index (κ1) is 51.8. The van der Waals surface area contributed by atoms with Crippen molar-refractivity contribution in [3.8, 4) is 50.6 Å². The summed E-state index contributed by atoms with van der Waals surface area (Å²) in [5, 5.41) is 15.8. The van der Waals surface area contributed by atoms with Crippen LogP contribution in [0.5, 0.6) is 17.2 Å². The summed E-state index contributed by atoms with van der Waals surface area (Å²) in [5.74, 6) is 5.59. The Labute approximate surface area is 447 Å². The van der Waals surface area contributed by atoms with Gasteiger partial charge in [0.2, 0.25) is 6.29 Å². The molecule has 4 nitrogen and oxygen atoms in total. The van der Waals surface area contributed by atoms with E-state index in [0.29, 0.717) is 60.4 Å². The van der Waals surface area contributed by atoms with Crippen LogP contribution in [0, 0.1) is 52.8 Å². The van der Waals surface area contributed by atoms with E-state index in [4.69, 9.17) is 14.2 Å². The van der Waals surface area contributed by atoms with E-state index in [1.807, 2.05) is 6.07 Å². The lowest BCUT2D eigenvalue weighted by Crippen LogP contribution is -2.37. The number of phenolic OH excluding ortho intramolecular Hbond substituents is 1. The van der Waals surface area contributed by atoms with Crippen LogP contribution in [0.15, 0.2) is 188 Å². The Morgan fingerprint density at radius 3 is 1.61 bits per heavy atom. The van der Waals surface area contributed by atoms with Gasteiger partial charge in [0.05, 0.1) is 6.61 Å². The highest BCUT2D eigenvalue weighted by molar-refractivity contribution is 5.96. The highest BCUT2D eigenvalue weighted by Gasteiger charge is 2.51. The zero-order valence-corrected chi connectivity index (χ0v) is 45.7. The predicted octanol–water partition coefficient (Wildman–Crippen LogP) is 18.8. The molecule has 75 heavy (non-hydrogen) atoms. The number of phenols is 1. The average Bonchev–Trinajstić information content (AvgIpc) is 3.78. The zero-order valence-electron chi connectivity index (χ0n) is 45.7. The summed E-state index contributed by atoms with van der Waals surface area (Å²) < 4.78 is 21.7. The molecule has 0 heterocycles. The van der Waals surface area contributed by atoms with Crippen LogP contribution in [0.4, 0.5) is 0 Å². The van der Waals surface area contributed by atoms with Gasteiger partial charge in [0, 0.05) is 27.8 Å². The SMILES string of the molecule is CC(C)CC(c1ccc(O)c2cc(-c3cc(-c4ccccc4)c(OCCOC(Oc4ccc(C(CC(C)C)C(C)(C)C)c5ccccc45)C4C5C=CC=CC5C5C=CC=CC54)c(-c4ccccc4)c3)ccc12)C(C)C. The topological polar surface area (TPSA) is 47.9 Å². The van der Waals surface area contributed by atoms with Crippen LogP contribution in [-0.4, -0.2) is 24.6 Å². The third kappa shape index (κ3) is 10.9. The lowest BCUT2D eigenvalue weighted by molar-refractivity contribution is -0.132. The summed E-state index contributed by atoms with van der Waals surface area (Å²) in [7, 11) is 0. The lowest BCUT2D eigenvalue weighted by atomic mass is 9.71. The van der Waals surface area contributed by atoms with Gasteiger partial charge in [0.25, 0.3) is 0 Å². The standard InChI is InChI=1S/C71H78O4/c1-45(2)40-61(47(5)6)55-34-36-66(72)64-42-50(32-33-56(55)64)51-43-62(48-22-12-10-13-23-48)69(63(44-51)49-24-14-11-15-25-49)73-38-39-74-70(68-59-30-20-17-26-52(59)53-27-18-21-31-60(53)68)75-67-37-35-57(54-28-16-19-29-58(54)67)65(41-46(3)4)71(7,8)9/h10-37,42-47,52-53,59-61,65,68,70,72H,38-41H2,1-9H3. The van der Waals surface area contributed by atoms with E-state index in [1.165, 1.54) is 16.5 Å². The molecule has 7 aromatic carbocycles. The molecule has 1 fully saturated rings. The first-order valence-electron chi connectivity index (χ1n) is 27.9. The second-order valence-electron chi connectivity index (χ2n) is 23.9. The molecule has 4 heteroatoms. The predicted molar refractivity (Wildman–Crippen MR) is 314 cm³/mol. The van der Waals surface area contributed by atoms with Crippen LogP contribution in [-0.2, 0) is 4.74 Å². The van der Waals surface area contributed by atoms with Gasteiger partial charge in [-0.1, -0.05) is 220 Å². The van der Waals surface area contributed by atoms with Crippen molar-refractivity contribution >= 4 is 21.5 Å². The summed E-state index contributed by atoms with van der Waals surface area (Å²) in [5.41, 5.74) is 8.95. The maximum absolute atomic E-state index is 11.5. The van der Waals surface area contributed by atoms with Gasteiger partial charge in [-0.05, 0) is 146 Å². The highest BCUT2D eigenvalue weighted by atomic mass is 16.7. The molecule has 3 aliphatic rings.